The Morgan fingerprint density at radius 2 is 1.74 bits per heavy atom. The molecule has 0 aromatic carbocycles. The fourth-order valence-electron chi connectivity index (χ4n) is 2.15. The molecule has 0 saturated heterocycles. The number of nitrogens with two attached hydrogens (primary N) is 1. The van der Waals surface area contributed by atoms with Crippen LogP contribution in [0.15, 0.2) is 0 Å². The largest absolute Gasteiger partial charge is 0.480 e. The van der Waals surface area contributed by atoms with Crippen LogP contribution in [0.5, 0.6) is 0 Å². The van der Waals surface area contributed by atoms with Crippen LogP contribution < -0.4 is 16.4 Å². The molecule has 0 fully saturated rings. The van der Waals surface area contributed by atoms with E-state index in [1.807, 2.05) is 0 Å². The molecule has 0 aliphatic rings. The molecule has 0 aromatic rings. The van der Waals surface area contributed by atoms with Crippen LogP contribution in [0.1, 0.15) is 51.9 Å². The molecule has 2 atom stereocenters. The molecule has 10 heteroatoms. The zero-order chi connectivity index (χ0) is 20.7. The SMILES string of the molecule is CCCCCCCSC[C@H](NC(=O)CC[C@H](N)C(=O)O)C(=O)NCC(=O)O. The van der Waals surface area contributed by atoms with E-state index in [4.69, 9.17) is 15.9 Å². The van der Waals surface area contributed by atoms with Crippen LogP contribution in [-0.2, 0) is 19.2 Å². The second-order valence-corrected chi connectivity index (χ2v) is 7.35. The molecule has 0 unspecified atom stereocenters. The van der Waals surface area contributed by atoms with Gasteiger partial charge < -0.3 is 26.6 Å². The van der Waals surface area contributed by atoms with Gasteiger partial charge in [0.1, 0.15) is 18.6 Å². The van der Waals surface area contributed by atoms with Crippen molar-refractivity contribution >= 4 is 35.5 Å². The van der Waals surface area contributed by atoms with Gasteiger partial charge in [-0.3, -0.25) is 19.2 Å². The fraction of sp³-hybridized carbons (Fsp3) is 0.765. The Morgan fingerprint density at radius 3 is 2.33 bits per heavy atom. The van der Waals surface area contributed by atoms with Gasteiger partial charge in [0.15, 0.2) is 0 Å². The first-order chi connectivity index (χ1) is 12.8. The second kappa shape index (κ2) is 15.3. The van der Waals surface area contributed by atoms with Crippen LogP contribution in [0.2, 0.25) is 0 Å². The second-order valence-electron chi connectivity index (χ2n) is 6.20. The van der Waals surface area contributed by atoms with Crippen LogP contribution in [0.4, 0.5) is 0 Å². The van der Waals surface area contributed by atoms with Crippen molar-refractivity contribution in [2.75, 3.05) is 18.1 Å². The van der Waals surface area contributed by atoms with Crippen LogP contribution in [0.25, 0.3) is 0 Å². The molecule has 0 aliphatic heterocycles. The van der Waals surface area contributed by atoms with E-state index in [1.165, 1.54) is 24.6 Å². The normalized spacial score (nSPS) is 12.8. The Hall–Kier alpha value is -1.81. The van der Waals surface area contributed by atoms with Crippen LogP contribution in [0.3, 0.4) is 0 Å². The number of carboxylic acid groups (broad SMARTS) is 2. The molecule has 6 N–H and O–H groups in total. The first-order valence-corrected chi connectivity index (χ1v) is 10.3. The molecule has 0 aromatic heterocycles. The molecule has 0 heterocycles. The van der Waals surface area contributed by atoms with Crippen molar-refractivity contribution in [1.29, 1.82) is 0 Å². The molecule has 0 spiro atoms. The van der Waals surface area contributed by atoms with Crippen LogP contribution in [0, 0.1) is 0 Å². The van der Waals surface area contributed by atoms with E-state index >= 15 is 0 Å². The molecule has 0 aliphatic carbocycles. The number of hydrogen-bond donors (Lipinski definition) is 5. The van der Waals surface area contributed by atoms with E-state index in [0.717, 1.165) is 25.0 Å². The number of rotatable bonds is 16. The Kier molecular flexibility index (Phi) is 14.2. The Bertz CT molecular complexity index is 489. The first-order valence-electron chi connectivity index (χ1n) is 9.12. The Balaban J connectivity index is 4.42. The van der Waals surface area contributed by atoms with E-state index in [1.54, 1.807) is 0 Å². The molecule has 0 rings (SSSR count). The van der Waals surface area contributed by atoms with Crippen LogP contribution >= 0.6 is 11.8 Å². The van der Waals surface area contributed by atoms with Crippen molar-refractivity contribution in [2.24, 2.45) is 5.73 Å². The Labute approximate surface area is 163 Å². The molecule has 0 saturated carbocycles. The zero-order valence-electron chi connectivity index (χ0n) is 15.7. The first kappa shape index (κ1) is 25.2. The highest BCUT2D eigenvalue weighted by molar-refractivity contribution is 7.99. The van der Waals surface area contributed by atoms with Crippen molar-refractivity contribution in [1.82, 2.24) is 10.6 Å². The third kappa shape index (κ3) is 14.0. The van der Waals surface area contributed by atoms with Gasteiger partial charge in [-0.25, -0.2) is 0 Å². The summed E-state index contributed by atoms with van der Waals surface area (Å²) in [6.07, 6.45) is 5.47. The summed E-state index contributed by atoms with van der Waals surface area (Å²) in [5, 5.41) is 22.2. The predicted octanol–water partition coefficient (Wildman–Crippen LogP) is 0.568. The van der Waals surface area contributed by atoms with E-state index < -0.39 is 42.4 Å². The summed E-state index contributed by atoms with van der Waals surface area (Å²) >= 11 is 1.51. The highest BCUT2D eigenvalue weighted by Crippen LogP contribution is 2.10. The zero-order valence-corrected chi connectivity index (χ0v) is 16.6. The third-order valence-electron chi connectivity index (χ3n) is 3.74. The highest BCUT2D eigenvalue weighted by atomic mass is 32.2. The summed E-state index contributed by atoms with van der Waals surface area (Å²) in [7, 11) is 0. The van der Waals surface area contributed by atoms with Gasteiger partial charge in [0.05, 0.1) is 0 Å². The number of unbranched alkanes of at least 4 members (excludes halogenated alkanes) is 4. The van der Waals surface area contributed by atoms with Crippen molar-refractivity contribution < 1.29 is 29.4 Å². The maximum Gasteiger partial charge on any atom is 0.322 e. The molecule has 9 nitrogen and oxygen atoms in total. The summed E-state index contributed by atoms with van der Waals surface area (Å²) in [4.78, 5) is 45.4. The van der Waals surface area contributed by atoms with Crippen molar-refractivity contribution in [3.05, 3.63) is 0 Å². The smallest absolute Gasteiger partial charge is 0.322 e. The number of carboxylic acids is 2. The van der Waals surface area contributed by atoms with Gasteiger partial charge >= 0.3 is 11.9 Å². The standard InChI is InChI=1S/C17H31N3O6S/c1-2-3-4-5-6-9-27-11-13(16(24)19-10-15(22)23)20-14(21)8-7-12(18)17(25)26/h12-13H,2-11,18H2,1H3,(H,19,24)(H,20,21)(H,22,23)(H,25,26)/t12-,13-/m0/s1. The molecular weight excluding hydrogens is 374 g/mol. The average Bonchev–Trinajstić information content (AvgIpc) is 2.62. The van der Waals surface area contributed by atoms with Crippen LogP contribution in [-0.4, -0.2) is 64.1 Å². The van der Waals surface area contributed by atoms with Gasteiger partial charge in [0, 0.05) is 12.2 Å². The molecule has 27 heavy (non-hydrogen) atoms. The van der Waals surface area contributed by atoms with Gasteiger partial charge in [-0.1, -0.05) is 32.6 Å². The summed E-state index contributed by atoms with van der Waals surface area (Å²) in [6, 6.07) is -2.02. The van der Waals surface area contributed by atoms with E-state index in [0.29, 0.717) is 5.75 Å². The van der Waals surface area contributed by atoms with Crippen molar-refractivity contribution in [3.8, 4) is 0 Å². The van der Waals surface area contributed by atoms with Crippen molar-refractivity contribution in [3.63, 3.8) is 0 Å². The lowest BCUT2D eigenvalue weighted by Gasteiger charge is -2.18. The van der Waals surface area contributed by atoms with E-state index in [-0.39, 0.29) is 12.8 Å². The topological polar surface area (TPSA) is 159 Å². The minimum atomic E-state index is -1.20. The summed E-state index contributed by atoms with van der Waals surface area (Å²) in [5.74, 6) is -2.29. The van der Waals surface area contributed by atoms with Crippen molar-refractivity contribution in [2.45, 2.75) is 64.0 Å². The molecule has 0 bridgehead atoms. The number of carbonyl (C=O) groups excluding carboxylic acids is 2. The molecule has 2 amide bonds. The number of nitrogens with one attached hydrogen (secondary N) is 2. The number of thioether (sulfide) groups is 1. The highest BCUT2D eigenvalue weighted by Gasteiger charge is 2.22. The lowest BCUT2D eigenvalue weighted by Crippen LogP contribution is -2.49. The predicted molar refractivity (Wildman–Crippen MR) is 104 cm³/mol. The molecule has 156 valence electrons. The lowest BCUT2D eigenvalue weighted by atomic mass is 10.1. The number of aliphatic carboxylic acids is 2. The summed E-state index contributed by atoms with van der Waals surface area (Å²) in [6.45, 7) is 1.61. The monoisotopic (exact) mass is 405 g/mol. The third-order valence-corrected chi connectivity index (χ3v) is 4.89. The summed E-state index contributed by atoms with van der Waals surface area (Å²) < 4.78 is 0. The number of hydrogen-bond acceptors (Lipinski definition) is 6. The quantitative estimate of drug-likeness (QED) is 0.233. The van der Waals surface area contributed by atoms with Gasteiger partial charge in [0.2, 0.25) is 11.8 Å². The number of carbonyl (C=O) groups is 4. The molecule has 0 radical (unpaired) electrons. The average molecular weight is 406 g/mol. The van der Waals surface area contributed by atoms with Gasteiger partial charge in [-0.05, 0) is 18.6 Å². The minimum absolute atomic E-state index is 0.0464. The van der Waals surface area contributed by atoms with Gasteiger partial charge in [0.25, 0.3) is 0 Å². The van der Waals surface area contributed by atoms with E-state index in [2.05, 4.69) is 17.6 Å². The maximum absolute atomic E-state index is 12.1. The number of amides is 2. The Morgan fingerprint density at radius 1 is 1.07 bits per heavy atom. The van der Waals surface area contributed by atoms with Gasteiger partial charge in [-0.15, -0.1) is 0 Å². The fourth-order valence-corrected chi connectivity index (χ4v) is 3.20. The minimum Gasteiger partial charge on any atom is -0.480 e. The van der Waals surface area contributed by atoms with E-state index in [9.17, 15) is 19.2 Å². The van der Waals surface area contributed by atoms with Gasteiger partial charge in [-0.2, -0.15) is 11.8 Å². The lowest BCUT2D eigenvalue weighted by molar-refractivity contribution is -0.139. The summed E-state index contributed by atoms with van der Waals surface area (Å²) in [5.41, 5.74) is 5.36. The maximum atomic E-state index is 12.1. The molecular formula is C17H31N3O6S.